The second kappa shape index (κ2) is 7.13. The summed E-state index contributed by atoms with van der Waals surface area (Å²) >= 11 is 0. The summed E-state index contributed by atoms with van der Waals surface area (Å²) in [5, 5.41) is 2.67. The molecule has 1 N–H and O–H groups in total. The lowest BCUT2D eigenvalue weighted by Gasteiger charge is -2.38. The number of nitrogens with zero attached hydrogens (tertiary/aromatic N) is 1. The number of ether oxygens (including phenoxy) is 1. The van der Waals surface area contributed by atoms with E-state index in [1.165, 1.54) is 12.8 Å². The van der Waals surface area contributed by atoms with E-state index in [9.17, 15) is 9.59 Å². The lowest BCUT2D eigenvalue weighted by Crippen LogP contribution is -2.50. The molecule has 1 aliphatic carbocycles. The predicted octanol–water partition coefficient (Wildman–Crippen LogP) is 1.89. The van der Waals surface area contributed by atoms with E-state index in [2.05, 4.69) is 5.32 Å². The van der Waals surface area contributed by atoms with Crippen LogP contribution in [0.5, 0.6) is 0 Å². The predicted molar refractivity (Wildman–Crippen MR) is 86.7 cm³/mol. The van der Waals surface area contributed by atoms with Gasteiger partial charge in [-0.25, -0.2) is 0 Å². The van der Waals surface area contributed by atoms with Crippen LogP contribution in [0.3, 0.4) is 0 Å². The lowest BCUT2D eigenvalue weighted by atomic mass is 10.0. The molecule has 1 aliphatic heterocycles. The molecule has 0 radical (unpaired) electrons. The van der Waals surface area contributed by atoms with Gasteiger partial charge in [0.15, 0.2) is 0 Å². The van der Waals surface area contributed by atoms with Gasteiger partial charge in [-0.1, -0.05) is 37.3 Å². The van der Waals surface area contributed by atoms with Crippen molar-refractivity contribution in [3.05, 3.63) is 35.9 Å². The van der Waals surface area contributed by atoms with E-state index in [4.69, 9.17) is 4.74 Å². The summed E-state index contributed by atoms with van der Waals surface area (Å²) in [6.07, 6.45) is 2.79. The molecule has 1 heterocycles. The van der Waals surface area contributed by atoms with Crippen molar-refractivity contribution in [3.63, 3.8) is 0 Å². The van der Waals surface area contributed by atoms with Crippen LogP contribution in [-0.4, -0.2) is 42.5 Å². The smallest absolute Gasteiger partial charge is 0.242 e. The van der Waals surface area contributed by atoms with Gasteiger partial charge in [-0.2, -0.15) is 0 Å². The van der Waals surface area contributed by atoms with Gasteiger partial charge in [-0.15, -0.1) is 0 Å². The highest BCUT2D eigenvalue weighted by atomic mass is 16.5. The number of benzene rings is 1. The standard InChI is InChI=1S/C18H24N2O3/c1-2-17(21)19-10-18(22)20-11-15(13-6-4-3-5-7-13)23-16(12-20)14-8-9-14/h3-7,14-16H,2,8-12H2,1H3,(H,19,21)/t15-,16+/m0/s1. The van der Waals surface area contributed by atoms with Crippen LogP contribution in [0, 0.1) is 5.92 Å². The molecule has 2 fully saturated rings. The first-order valence-corrected chi connectivity index (χ1v) is 8.42. The van der Waals surface area contributed by atoms with E-state index >= 15 is 0 Å². The first-order valence-electron chi connectivity index (χ1n) is 8.42. The zero-order valence-corrected chi connectivity index (χ0v) is 13.5. The Labute approximate surface area is 137 Å². The molecule has 124 valence electrons. The summed E-state index contributed by atoms with van der Waals surface area (Å²) in [5.74, 6) is 0.452. The second-order valence-corrected chi connectivity index (χ2v) is 6.34. The van der Waals surface area contributed by atoms with Crippen LogP contribution in [0.2, 0.25) is 0 Å². The zero-order chi connectivity index (χ0) is 16.2. The molecule has 0 aromatic heterocycles. The molecule has 5 nitrogen and oxygen atoms in total. The molecule has 1 aromatic carbocycles. The van der Waals surface area contributed by atoms with Gasteiger partial charge in [0.05, 0.1) is 19.2 Å². The highest BCUT2D eigenvalue weighted by Gasteiger charge is 2.39. The minimum atomic E-state index is -0.0926. The highest BCUT2D eigenvalue weighted by Crippen LogP contribution is 2.39. The molecule has 0 unspecified atom stereocenters. The topological polar surface area (TPSA) is 58.6 Å². The molecule has 0 spiro atoms. The molecule has 23 heavy (non-hydrogen) atoms. The summed E-state index contributed by atoms with van der Waals surface area (Å²) < 4.78 is 6.24. The zero-order valence-electron chi connectivity index (χ0n) is 13.5. The van der Waals surface area contributed by atoms with E-state index in [-0.39, 0.29) is 30.6 Å². The number of morpholine rings is 1. The third kappa shape index (κ3) is 4.10. The van der Waals surface area contributed by atoms with Crippen molar-refractivity contribution in [2.24, 2.45) is 5.92 Å². The average molecular weight is 316 g/mol. The number of amides is 2. The SMILES string of the molecule is CCC(=O)NCC(=O)N1C[C@@H](c2ccccc2)O[C@@H](C2CC2)C1. The van der Waals surface area contributed by atoms with E-state index in [0.717, 1.165) is 5.56 Å². The first kappa shape index (κ1) is 16.0. The van der Waals surface area contributed by atoms with Gasteiger partial charge in [-0.05, 0) is 24.3 Å². The van der Waals surface area contributed by atoms with Crippen LogP contribution in [-0.2, 0) is 14.3 Å². The Hall–Kier alpha value is -1.88. The van der Waals surface area contributed by atoms with E-state index in [1.807, 2.05) is 35.2 Å². The normalized spacial score (nSPS) is 24.3. The number of rotatable bonds is 5. The van der Waals surface area contributed by atoms with E-state index in [0.29, 0.717) is 25.4 Å². The number of carbonyl (C=O) groups excluding carboxylic acids is 2. The van der Waals surface area contributed by atoms with Gasteiger partial charge >= 0.3 is 0 Å². The van der Waals surface area contributed by atoms with Gasteiger partial charge < -0.3 is 15.0 Å². The van der Waals surface area contributed by atoms with Crippen LogP contribution < -0.4 is 5.32 Å². The number of hydrogen-bond donors (Lipinski definition) is 1. The van der Waals surface area contributed by atoms with Crippen LogP contribution in [0.15, 0.2) is 30.3 Å². The summed E-state index contributed by atoms with van der Waals surface area (Å²) in [6.45, 7) is 3.04. The first-order chi connectivity index (χ1) is 11.2. The van der Waals surface area contributed by atoms with Gasteiger partial charge in [0.1, 0.15) is 6.10 Å². The minimum absolute atomic E-state index is 0.0262. The van der Waals surface area contributed by atoms with Crippen molar-refractivity contribution in [2.75, 3.05) is 19.6 Å². The maximum atomic E-state index is 12.4. The van der Waals surface area contributed by atoms with Gasteiger partial charge in [-0.3, -0.25) is 9.59 Å². The molecule has 0 bridgehead atoms. The number of nitrogens with one attached hydrogen (secondary N) is 1. The molecule has 5 heteroatoms. The molecular weight excluding hydrogens is 292 g/mol. The third-order valence-corrected chi connectivity index (χ3v) is 4.56. The molecule has 2 aliphatic rings. The summed E-state index contributed by atoms with van der Waals surface area (Å²) in [6, 6.07) is 10.1. The Morgan fingerprint density at radius 2 is 1.96 bits per heavy atom. The Morgan fingerprint density at radius 3 is 2.61 bits per heavy atom. The van der Waals surface area contributed by atoms with Crippen LogP contribution in [0.4, 0.5) is 0 Å². The molecule has 1 aromatic rings. The van der Waals surface area contributed by atoms with Crippen molar-refractivity contribution in [3.8, 4) is 0 Å². The Kier molecular flexibility index (Phi) is 4.96. The minimum Gasteiger partial charge on any atom is -0.366 e. The Morgan fingerprint density at radius 1 is 1.22 bits per heavy atom. The molecular formula is C18H24N2O3. The monoisotopic (exact) mass is 316 g/mol. The van der Waals surface area contributed by atoms with Gasteiger partial charge in [0, 0.05) is 13.0 Å². The lowest BCUT2D eigenvalue weighted by molar-refractivity contribution is -0.148. The molecule has 2 atom stereocenters. The fraction of sp³-hybridized carbons (Fsp3) is 0.556. The quantitative estimate of drug-likeness (QED) is 0.902. The molecule has 1 saturated carbocycles. The summed E-state index contributed by atoms with van der Waals surface area (Å²) in [7, 11) is 0. The number of carbonyl (C=O) groups is 2. The van der Waals surface area contributed by atoms with E-state index < -0.39 is 0 Å². The molecule has 3 rings (SSSR count). The highest BCUT2D eigenvalue weighted by molar-refractivity contribution is 5.84. The summed E-state index contributed by atoms with van der Waals surface area (Å²) in [5.41, 5.74) is 1.10. The number of hydrogen-bond acceptors (Lipinski definition) is 3. The molecule has 2 amide bonds. The van der Waals surface area contributed by atoms with Crippen molar-refractivity contribution < 1.29 is 14.3 Å². The van der Waals surface area contributed by atoms with Crippen LogP contribution >= 0.6 is 0 Å². The van der Waals surface area contributed by atoms with Crippen LogP contribution in [0.25, 0.3) is 0 Å². The van der Waals surface area contributed by atoms with Gasteiger partial charge in [0.25, 0.3) is 0 Å². The van der Waals surface area contributed by atoms with Crippen molar-refractivity contribution in [1.29, 1.82) is 0 Å². The second-order valence-electron chi connectivity index (χ2n) is 6.34. The molecule has 1 saturated heterocycles. The van der Waals surface area contributed by atoms with Crippen molar-refractivity contribution in [2.45, 2.75) is 38.4 Å². The maximum absolute atomic E-state index is 12.4. The fourth-order valence-corrected chi connectivity index (χ4v) is 2.98. The largest absolute Gasteiger partial charge is 0.366 e. The average Bonchev–Trinajstić information content (AvgIpc) is 3.44. The van der Waals surface area contributed by atoms with Crippen LogP contribution in [0.1, 0.15) is 37.9 Å². The summed E-state index contributed by atoms with van der Waals surface area (Å²) in [4.78, 5) is 25.6. The fourth-order valence-electron chi connectivity index (χ4n) is 2.98. The van der Waals surface area contributed by atoms with Crippen molar-refractivity contribution >= 4 is 11.8 Å². The van der Waals surface area contributed by atoms with Gasteiger partial charge in [0.2, 0.25) is 11.8 Å². The Bertz CT molecular complexity index is 557. The Balaban J connectivity index is 1.66. The maximum Gasteiger partial charge on any atom is 0.242 e. The van der Waals surface area contributed by atoms with E-state index in [1.54, 1.807) is 6.92 Å². The third-order valence-electron chi connectivity index (χ3n) is 4.56. The van der Waals surface area contributed by atoms with Crippen molar-refractivity contribution in [1.82, 2.24) is 10.2 Å².